The summed E-state index contributed by atoms with van der Waals surface area (Å²) in [6, 6.07) is 2.41. The molecule has 0 aliphatic carbocycles. The second-order valence-electron chi connectivity index (χ2n) is 7.64. The number of ketones is 1. The van der Waals surface area contributed by atoms with Crippen molar-refractivity contribution in [3.05, 3.63) is 77.6 Å². The molecule has 0 radical (unpaired) electrons. The molecule has 1 rings (SSSR count). The molecule has 0 N–H and O–H groups in total. The van der Waals surface area contributed by atoms with Crippen LogP contribution in [0.3, 0.4) is 0 Å². The van der Waals surface area contributed by atoms with Crippen molar-refractivity contribution in [2.24, 2.45) is 0 Å². The Morgan fingerprint density at radius 2 is 1.63 bits per heavy atom. The van der Waals surface area contributed by atoms with Gasteiger partial charge in [-0.25, -0.2) is 8.78 Å². The number of Topliss-reactive ketones (excluding diaryl/α,β-unsaturated/α-hetero) is 1. The van der Waals surface area contributed by atoms with Gasteiger partial charge in [0.05, 0.1) is 5.56 Å². The first-order chi connectivity index (χ1) is 14.2. The van der Waals surface area contributed by atoms with Crippen LogP contribution in [0.1, 0.15) is 75.7 Å². The summed E-state index contributed by atoms with van der Waals surface area (Å²) in [7, 11) is 2.04. The van der Waals surface area contributed by atoms with Gasteiger partial charge in [-0.15, -0.1) is 0 Å². The van der Waals surface area contributed by atoms with Crippen molar-refractivity contribution in [2.75, 3.05) is 7.05 Å². The van der Waals surface area contributed by atoms with E-state index in [-0.39, 0.29) is 11.1 Å². The Morgan fingerprint density at radius 1 is 1.03 bits per heavy atom. The summed E-state index contributed by atoms with van der Waals surface area (Å²) < 4.78 is 28.8. The highest BCUT2D eigenvalue weighted by Crippen LogP contribution is 2.27. The minimum atomic E-state index is -0.723. The zero-order valence-electron chi connectivity index (χ0n) is 19.0. The lowest BCUT2D eigenvalue weighted by Gasteiger charge is -2.32. The predicted molar refractivity (Wildman–Crippen MR) is 123 cm³/mol. The minimum Gasteiger partial charge on any atom is -0.371 e. The van der Waals surface area contributed by atoms with Gasteiger partial charge in [0.1, 0.15) is 11.6 Å². The topological polar surface area (TPSA) is 20.3 Å². The molecule has 1 unspecified atom stereocenters. The maximum absolute atomic E-state index is 14.6. The summed E-state index contributed by atoms with van der Waals surface area (Å²) in [5.41, 5.74) is 2.12. The van der Waals surface area contributed by atoms with Gasteiger partial charge in [0.2, 0.25) is 0 Å². The van der Waals surface area contributed by atoms with Crippen LogP contribution in [0.15, 0.2) is 54.8 Å². The fourth-order valence-electron chi connectivity index (χ4n) is 3.63. The quantitative estimate of drug-likeness (QED) is 0.260. The molecule has 30 heavy (non-hydrogen) atoms. The Labute approximate surface area is 180 Å². The molecule has 0 aliphatic rings. The first-order valence-corrected chi connectivity index (χ1v) is 10.6. The fourth-order valence-corrected chi connectivity index (χ4v) is 3.63. The van der Waals surface area contributed by atoms with Gasteiger partial charge < -0.3 is 4.90 Å². The van der Waals surface area contributed by atoms with Crippen LogP contribution in [-0.4, -0.2) is 23.8 Å². The van der Waals surface area contributed by atoms with E-state index in [1.807, 2.05) is 7.05 Å². The molecule has 0 spiro atoms. The molecule has 0 heterocycles. The third kappa shape index (κ3) is 6.51. The summed E-state index contributed by atoms with van der Waals surface area (Å²) >= 11 is 0. The number of nitrogens with zero attached hydrogens (tertiary/aromatic N) is 1. The number of likely N-dealkylation sites (N-methyl/N-ethyl adjacent to an activating group) is 1. The number of carbonyl (C=O) groups excluding carboxylic acids is 1. The summed E-state index contributed by atoms with van der Waals surface area (Å²) in [5, 5.41) is 0. The number of unbranched alkanes of at least 4 members (excludes halogenated alkanes) is 1. The number of allylic oxidation sites excluding steroid dienone is 5. The summed E-state index contributed by atoms with van der Waals surface area (Å²) in [5.74, 6) is -1.85. The molecule has 0 aromatic heterocycles. The van der Waals surface area contributed by atoms with E-state index in [2.05, 4.69) is 31.9 Å². The van der Waals surface area contributed by atoms with E-state index in [1.165, 1.54) is 6.92 Å². The second-order valence-corrected chi connectivity index (χ2v) is 7.64. The van der Waals surface area contributed by atoms with Crippen LogP contribution < -0.4 is 0 Å². The van der Waals surface area contributed by atoms with Crippen molar-refractivity contribution in [1.29, 1.82) is 0 Å². The molecule has 0 bridgehead atoms. The molecular formula is C26H35F2NO. The van der Waals surface area contributed by atoms with E-state index >= 15 is 0 Å². The van der Waals surface area contributed by atoms with Crippen molar-refractivity contribution in [1.82, 2.24) is 4.90 Å². The van der Waals surface area contributed by atoms with Gasteiger partial charge in [0, 0.05) is 24.4 Å². The van der Waals surface area contributed by atoms with Crippen LogP contribution in [0.25, 0.3) is 5.57 Å². The van der Waals surface area contributed by atoms with Crippen molar-refractivity contribution < 1.29 is 13.6 Å². The molecule has 4 heteroatoms. The van der Waals surface area contributed by atoms with Crippen LogP contribution in [0.4, 0.5) is 8.78 Å². The first-order valence-electron chi connectivity index (χ1n) is 10.6. The molecule has 0 aliphatic heterocycles. The highest BCUT2D eigenvalue weighted by atomic mass is 19.1. The first kappa shape index (κ1) is 25.5. The van der Waals surface area contributed by atoms with Crippen molar-refractivity contribution >= 4 is 11.4 Å². The van der Waals surface area contributed by atoms with Gasteiger partial charge in [0.25, 0.3) is 0 Å². The minimum absolute atomic E-state index is 0.124. The maximum atomic E-state index is 14.6. The summed E-state index contributed by atoms with van der Waals surface area (Å²) in [6.07, 6.45) is 10.8. The highest BCUT2D eigenvalue weighted by molar-refractivity contribution is 5.94. The number of rotatable bonds is 12. The van der Waals surface area contributed by atoms with E-state index in [0.717, 1.165) is 55.5 Å². The average Bonchev–Trinajstić information content (AvgIpc) is 2.71. The van der Waals surface area contributed by atoms with E-state index in [1.54, 1.807) is 25.2 Å². The van der Waals surface area contributed by atoms with Gasteiger partial charge in [-0.05, 0) is 62.1 Å². The number of carbonyl (C=O) groups is 1. The Hall–Kier alpha value is -2.49. The third-order valence-electron chi connectivity index (χ3n) is 5.38. The van der Waals surface area contributed by atoms with Crippen molar-refractivity contribution in [3.8, 4) is 0 Å². The molecular weight excluding hydrogens is 380 g/mol. The molecule has 1 aromatic carbocycles. The van der Waals surface area contributed by atoms with Gasteiger partial charge in [0.15, 0.2) is 5.78 Å². The molecule has 164 valence electrons. The van der Waals surface area contributed by atoms with Gasteiger partial charge >= 0.3 is 0 Å². The SMILES string of the molecule is C=CC(/C=C(\C)c1cc(F)c(C(C)=O)cc1F)=C(/C=C)N(C)C(CCC)CCCC. The van der Waals surface area contributed by atoms with Crippen LogP contribution >= 0.6 is 0 Å². The predicted octanol–water partition coefficient (Wildman–Crippen LogP) is 7.49. The van der Waals surface area contributed by atoms with Crippen LogP contribution in [-0.2, 0) is 0 Å². The van der Waals surface area contributed by atoms with E-state index in [9.17, 15) is 13.6 Å². The second kappa shape index (κ2) is 12.3. The van der Waals surface area contributed by atoms with Gasteiger partial charge in [-0.1, -0.05) is 52.3 Å². The normalized spacial score (nSPS) is 13.5. The molecule has 0 saturated carbocycles. The lowest BCUT2D eigenvalue weighted by molar-refractivity contribution is 0.101. The third-order valence-corrected chi connectivity index (χ3v) is 5.38. The lowest BCUT2D eigenvalue weighted by atomic mass is 9.98. The number of halogens is 2. The summed E-state index contributed by atoms with van der Waals surface area (Å²) in [6.45, 7) is 15.2. The Kier molecular flexibility index (Phi) is 10.4. The van der Waals surface area contributed by atoms with Crippen LogP contribution in [0, 0.1) is 11.6 Å². The average molecular weight is 416 g/mol. The smallest absolute Gasteiger partial charge is 0.162 e. The van der Waals surface area contributed by atoms with Crippen LogP contribution in [0.5, 0.6) is 0 Å². The Bertz CT molecular complexity index is 836. The molecule has 1 atom stereocenters. The van der Waals surface area contributed by atoms with Crippen molar-refractivity contribution in [3.63, 3.8) is 0 Å². The largest absolute Gasteiger partial charge is 0.371 e. The van der Waals surface area contributed by atoms with Gasteiger partial charge in [-0.3, -0.25) is 4.79 Å². The van der Waals surface area contributed by atoms with Gasteiger partial charge in [-0.2, -0.15) is 0 Å². The Balaban J connectivity index is 3.42. The Morgan fingerprint density at radius 3 is 2.13 bits per heavy atom. The fraction of sp³-hybridized carbons (Fsp3) is 0.423. The molecule has 0 fully saturated rings. The molecule has 2 nitrogen and oxygen atoms in total. The van der Waals surface area contributed by atoms with Crippen molar-refractivity contribution in [2.45, 2.75) is 65.8 Å². The zero-order valence-corrected chi connectivity index (χ0v) is 19.0. The lowest BCUT2D eigenvalue weighted by Crippen LogP contribution is -2.31. The zero-order chi connectivity index (χ0) is 22.8. The van der Waals surface area contributed by atoms with E-state index < -0.39 is 17.4 Å². The molecule has 1 aromatic rings. The monoisotopic (exact) mass is 415 g/mol. The summed E-state index contributed by atoms with van der Waals surface area (Å²) in [4.78, 5) is 13.7. The highest BCUT2D eigenvalue weighted by Gasteiger charge is 2.18. The number of hydrogen-bond acceptors (Lipinski definition) is 2. The van der Waals surface area contributed by atoms with E-state index in [0.29, 0.717) is 11.6 Å². The molecule has 0 saturated heterocycles. The van der Waals surface area contributed by atoms with E-state index in [4.69, 9.17) is 0 Å². The van der Waals surface area contributed by atoms with Crippen LogP contribution in [0.2, 0.25) is 0 Å². The standard InChI is InChI=1S/C26H35F2NO/c1-8-12-14-21(13-9-2)29(7)26(11-4)20(10-3)15-18(5)22-16-25(28)23(19(6)30)17-24(22)27/h10-11,15-17,21H,3-4,8-9,12-14H2,1-2,5-7H3/b18-15+,26-20+. The number of hydrogen-bond donors (Lipinski definition) is 0. The number of benzene rings is 1. The maximum Gasteiger partial charge on any atom is 0.162 e. The molecule has 0 amide bonds.